The highest BCUT2D eigenvalue weighted by atomic mass is 16.5. The quantitative estimate of drug-likeness (QED) is 0.743. The molecule has 0 saturated carbocycles. The molecular formula is C11H12N2O2. The third kappa shape index (κ3) is 1.58. The number of aromatic nitrogens is 2. The van der Waals surface area contributed by atoms with Gasteiger partial charge in [0, 0.05) is 12.6 Å². The van der Waals surface area contributed by atoms with Crippen LogP contribution < -0.4 is 10.3 Å². The van der Waals surface area contributed by atoms with Crippen molar-refractivity contribution in [2.24, 2.45) is 0 Å². The van der Waals surface area contributed by atoms with Crippen molar-refractivity contribution in [3.05, 3.63) is 34.7 Å². The summed E-state index contributed by atoms with van der Waals surface area (Å²) in [5.41, 5.74) is 1.53. The number of ether oxygens (including phenoxy) is 1. The minimum absolute atomic E-state index is 0.0850. The van der Waals surface area contributed by atoms with E-state index in [-0.39, 0.29) is 5.56 Å². The number of rotatable bonds is 2. The van der Waals surface area contributed by atoms with E-state index in [2.05, 4.69) is 4.98 Å². The van der Waals surface area contributed by atoms with Crippen molar-refractivity contribution in [1.29, 1.82) is 0 Å². The molecule has 2 aromatic rings. The standard InChI is InChI=1S/C11H12N2O2/c1-3-13-10-6-8(15-2)4-5-9(10)12-7-11(13)14/h4-7H,3H2,1-2H3. The van der Waals surface area contributed by atoms with Gasteiger partial charge < -0.3 is 9.30 Å². The lowest BCUT2D eigenvalue weighted by Crippen LogP contribution is -2.19. The number of nitrogens with zero attached hydrogens (tertiary/aromatic N) is 2. The molecule has 78 valence electrons. The van der Waals surface area contributed by atoms with Crippen LogP contribution in [0, 0.1) is 0 Å². The van der Waals surface area contributed by atoms with Crippen molar-refractivity contribution in [1.82, 2.24) is 9.55 Å². The lowest BCUT2D eigenvalue weighted by molar-refractivity contribution is 0.415. The zero-order valence-electron chi connectivity index (χ0n) is 8.73. The van der Waals surface area contributed by atoms with Crippen LogP contribution in [-0.4, -0.2) is 16.7 Å². The van der Waals surface area contributed by atoms with E-state index >= 15 is 0 Å². The van der Waals surface area contributed by atoms with Crippen LogP contribution in [0.25, 0.3) is 11.0 Å². The van der Waals surface area contributed by atoms with Gasteiger partial charge in [-0.1, -0.05) is 0 Å². The average Bonchev–Trinajstić information content (AvgIpc) is 2.28. The second kappa shape index (κ2) is 3.73. The molecule has 4 heteroatoms. The molecule has 0 radical (unpaired) electrons. The predicted molar refractivity (Wildman–Crippen MR) is 58.2 cm³/mol. The lowest BCUT2D eigenvalue weighted by atomic mass is 10.2. The molecule has 0 atom stereocenters. The Morgan fingerprint density at radius 1 is 1.47 bits per heavy atom. The van der Waals surface area contributed by atoms with Crippen LogP contribution in [0.15, 0.2) is 29.2 Å². The Morgan fingerprint density at radius 3 is 2.93 bits per heavy atom. The van der Waals surface area contributed by atoms with Crippen LogP contribution in [0.5, 0.6) is 5.75 Å². The fourth-order valence-electron chi connectivity index (χ4n) is 1.59. The van der Waals surface area contributed by atoms with Gasteiger partial charge in [0.2, 0.25) is 0 Å². The van der Waals surface area contributed by atoms with Crippen molar-refractivity contribution in [2.75, 3.05) is 7.11 Å². The molecule has 1 heterocycles. The average molecular weight is 204 g/mol. The van der Waals surface area contributed by atoms with Gasteiger partial charge >= 0.3 is 0 Å². The van der Waals surface area contributed by atoms with Crippen LogP contribution in [0.4, 0.5) is 0 Å². The number of hydrogen-bond acceptors (Lipinski definition) is 3. The molecule has 0 saturated heterocycles. The largest absolute Gasteiger partial charge is 0.497 e. The van der Waals surface area contributed by atoms with Crippen LogP contribution in [0.1, 0.15) is 6.92 Å². The molecule has 0 bridgehead atoms. The zero-order chi connectivity index (χ0) is 10.8. The van der Waals surface area contributed by atoms with E-state index in [1.165, 1.54) is 6.20 Å². The van der Waals surface area contributed by atoms with Gasteiger partial charge in [-0.15, -0.1) is 0 Å². The van der Waals surface area contributed by atoms with Gasteiger partial charge in [0.1, 0.15) is 5.75 Å². The third-order valence-electron chi connectivity index (χ3n) is 2.37. The van der Waals surface area contributed by atoms with E-state index < -0.39 is 0 Å². The van der Waals surface area contributed by atoms with Crippen molar-refractivity contribution >= 4 is 11.0 Å². The summed E-state index contributed by atoms with van der Waals surface area (Å²) >= 11 is 0. The van der Waals surface area contributed by atoms with Gasteiger partial charge in [-0.05, 0) is 19.1 Å². The van der Waals surface area contributed by atoms with Gasteiger partial charge in [0.05, 0.1) is 24.3 Å². The number of fused-ring (bicyclic) bond motifs is 1. The second-order valence-corrected chi connectivity index (χ2v) is 3.20. The molecular weight excluding hydrogens is 192 g/mol. The van der Waals surface area contributed by atoms with Crippen molar-refractivity contribution in [3.63, 3.8) is 0 Å². The van der Waals surface area contributed by atoms with Gasteiger partial charge in [0.15, 0.2) is 0 Å². The maximum atomic E-state index is 11.5. The molecule has 0 amide bonds. The van der Waals surface area contributed by atoms with Crippen LogP contribution in [0.3, 0.4) is 0 Å². The predicted octanol–water partition coefficient (Wildman–Crippen LogP) is 1.42. The fourth-order valence-corrected chi connectivity index (χ4v) is 1.59. The minimum Gasteiger partial charge on any atom is -0.497 e. The third-order valence-corrected chi connectivity index (χ3v) is 2.37. The zero-order valence-corrected chi connectivity index (χ0v) is 8.73. The molecule has 4 nitrogen and oxygen atoms in total. The molecule has 0 fully saturated rings. The highest BCUT2D eigenvalue weighted by molar-refractivity contribution is 5.76. The first-order valence-corrected chi connectivity index (χ1v) is 4.80. The van der Waals surface area contributed by atoms with E-state index in [0.717, 1.165) is 16.8 Å². The molecule has 0 unspecified atom stereocenters. The maximum Gasteiger partial charge on any atom is 0.269 e. The van der Waals surface area contributed by atoms with Crippen molar-refractivity contribution in [3.8, 4) is 5.75 Å². The van der Waals surface area contributed by atoms with E-state index in [4.69, 9.17) is 4.74 Å². The first-order valence-electron chi connectivity index (χ1n) is 4.80. The summed E-state index contributed by atoms with van der Waals surface area (Å²) in [5, 5.41) is 0. The van der Waals surface area contributed by atoms with Gasteiger partial charge in [-0.3, -0.25) is 4.79 Å². The van der Waals surface area contributed by atoms with Gasteiger partial charge in [-0.2, -0.15) is 0 Å². The minimum atomic E-state index is -0.0850. The monoisotopic (exact) mass is 204 g/mol. The molecule has 0 aliphatic heterocycles. The number of benzene rings is 1. The number of methoxy groups -OCH3 is 1. The Hall–Kier alpha value is -1.84. The molecule has 2 rings (SSSR count). The second-order valence-electron chi connectivity index (χ2n) is 3.20. The highest BCUT2D eigenvalue weighted by Crippen LogP contribution is 2.17. The molecule has 0 N–H and O–H groups in total. The summed E-state index contributed by atoms with van der Waals surface area (Å²) in [5.74, 6) is 0.733. The Balaban J connectivity index is 2.82. The molecule has 15 heavy (non-hydrogen) atoms. The van der Waals surface area contributed by atoms with E-state index in [0.29, 0.717) is 6.54 Å². The SMILES string of the molecule is CCn1c(=O)cnc2ccc(OC)cc21. The molecule has 1 aromatic carbocycles. The maximum absolute atomic E-state index is 11.5. The first kappa shape index (κ1) is 9.71. The number of aryl methyl sites for hydroxylation is 1. The Kier molecular flexibility index (Phi) is 2.41. The topological polar surface area (TPSA) is 44.1 Å². The Bertz CT molecular complexity index is 546. The summed E-state index contributed by atoms with van der Waals surface area (Å²) in [4.78, 5) is 15.6. The smallest absolute Gasteiger partial charge is 0.269 e. The molecule has 0 aliphatic rings. The molecule has 0 aliphatic carbocycles. The summed E-state index contributed by atoms with van der Waals surface area (Å²) in [6, 6.07) is 5.51. The van der Waals surface area contributed by atoms with E-state index in [1.54, 1.807) is 11.7 Å². The van der Waals surface area contributed by atoms with Crippen molar-refractivity contribution < 1.29 is 4.74 Å². The first-order chi connectivity index (χ1) is 7.26. The van der Waals surface area contributed by atoms with E-state index in [1.807, 2.05) is 25.1 Å². The summed E-state index contributed by atoms with van der Waals surface area (Å²) in [7, 11) is 1.60. The summed E-state index contributed by atoms with van der Waals surface area (Å²) < 4.78 is 6.79. The van der Waals surface area contributed by atoms with E-state index in [9.17, 15) is 4.79 Å². The Morgan fingerprint density at radius 2 is 2.27 bits per heavy atom. The van der Waals surface area contributed by atoms with Crippen LogP contribution in [-0.2, 0) is 6.54 Å². The summed E-state index contributed by atoms with van der Waals surface area (Å²) in [6.07, 6.45) is 1.35. The molecule has 1 aromatic heterocycles. The van der Waals surface area contributed by atoms with Gasteiger partial charge in [-0.25, -0.2) is 4.98 Å². The normalized spacial score (nSPS) is 10.5. The molecule has 0 spiro atoms. The lowest BCUT2D eigenvalue weighted by Gasteiger charge is -2.07. The highest BCUT2D eigenvalue weighted by Gasteiger charge is 2.03. The number of hydrogen-bond donors (Lipinski definition) is 0. The fraction of sp³-hybridized carbons (Fsp3) is 0.273. The Labute approximate surface area is 87.1 Å². The van der Waals surface area contributed by atoms with Gasteiger partial charge in [0.25, 0.3) is 5.56 Å². The van der Waals surface area contributed by atoms with Crippen molar-refractivity contribution in [2.45, 2.75) is 13.5 Å². The van der Waals surface area contributed by atoms with Crippen LogP contribution >= 0.6 is 0 Å². The van der Waals surface area contributed by atoms with Crippen LogP contribution in [0.2, 0.25) is 0 Å². The summed E-state index contributed by atoms with van der Waals surface area (Å²) in [6.45, 7) is 2.56.